The molecular weight excluding hydrogens is 537 g/mol. The zero-order valence-electron chi connectivity index (χ0n) is 18.1. The van der Waals surface area contributed by atoms with Crippen LogP contribution in [0.3, 0.4) is 0 Å². The minimum atomic E-state index is -1.18. The highest BCUT2D eigenvalue weighted by Crippen LogP contribution is 2.42. The van der Waals surface area contributed by atoms with Crippen molar-refractivity contribution in [2.45, 2.75) is 30.2 Å². The number of carboxylic acids is 1. The average molecular weight is 555 g/mol. The molecule has 4 aromatic rings. The molecule has 2 aromatic heterocycles. The van der Waals surface area contributed by atoms with Gasteiger partial charge in [0.2, 0.25) is 5.13 Å². The fourth-order valence-corrected chi connectivity index (χ4v) is 6.44. The van der Waals surface area contributed by atoms with Gasteiger partial charge in [0.05, 0.1) is 25.6 Å². The molecule has 0 unspecified atom stereocenters. The summed E-state index contributed by atoms with van der Waals surface area (Å²) in [6, 6.07) is 9.68. The zero-order chi connectivity index (χ0) is 24.7. The summed E-state index contributed by atoms with van der Waals surface area (Å²) in [6.45, 7) is 5.83. The minimum Gasteiger partial charge on any atom is -0.508 e. The topological polar surface area (TPSA) is 88.2 Å². The van der Waals surface area contributed by atoms with E-state index in [4.69, 9.17) is 39.8 Å². The summed E-state index contributed by atoms with van der Waals surface area (Å²) in [5, 5.41) is 26.4. The van der Waals surface area contributed by atoms with Crippen LogP contribution in [-0.2, 0) is 0 Å². The van der Waals surface area contributed by atoms with E-state index in [-0.39, 0.29) is 21.7 Å². The molecule has 0 spiro atoms. The molecule has 6 nitrogen and oxygen atoms in total. The predicted octanol–water partition coefficient (Wildman–Crippen LogP) is 7.84. The van der Waals surface area contributed by atoms with Crippen LogP contribution in [0, 0.1) is 6.92 Å². The second-order valence-electron chi connectivity index (χ2n) is 7.65. The van der Waals surface area contributed by atoms with Crippen molar-refractivity contribution in [2.24, 2.45) is 0 Å². The van der Waals surface area contributed by atoms with E-state index in [1.165, 1.54) is 28.2 Å². The van der Waals surface area contributed by atoms with E-state index >= 15 is 0 Å². The lowest BCUT2D eigenvalue weighted by atomic mass is 10.0. The number of benzene rings is 2. The number of phenols is 1. The highest BCUT2D eigenvalue weighted by molar-refractivity contribution is 8.01. The number of halogens is 3. The fourth-order valence-electron chi connectivity index (χ4n) is 3.43. The van der Waals surface area contributed by atoms with Crippen LogP contribution in [0.25, 0.3) is 27.5 Å². The lowest BCUT2D eigenvalue weighted by Crippen LogP contribution is -2.09. The molecule has 2 aromatic carbocycles. The second-order valence-corrected chi connectivity index (χ2v) is 11.7. The molecule has 2 heterocycles. The largest absolute Gasteiger partial charge is 0.508 e. The van der Waals surface area contributed by atoms with E-state index < -0.39 is 5.97 Å². The van der Waals surface area contributed by atoms with E-state index in [2.05, 4.69) is 18.9 Å². The Morgan fingerprint density at radius 3 is 2.44 bits per heavy atom. The Kier molecular flexibility index (Phi) is 7.17. The molecule has 0 atom stereocenters. The SMILES string of the molecule is Cc1nn(-c2nc(-c3ccc(Cl)c(Cl)c3)c(SC(C)C)s2)c(C(=O)O)c1-c1cc(O)cc(Cl)c1. The monoisotopic (exact) mass is 553 g/mol. The van der Waals surface area contributed by atoms with Crippen molar-refractivity contribution in [1.82, 2.24) is 14.8 Å². The minimum absolute atomic E-state index is 0.0715. The Morgan fingerprint density at radius 2 is 1.82 bits per heavy atom. The predicted molar refractivity (Wildman–Crippen MR) is 139 cm³/mol. The lowest BCUT2D eigenvalue weighted by molar-refractivity contribution is 0.0688. The van der Waals surface area contributed by atoms with Gasteiger partial charge in [-0.25, -0.2) is 9.78 Å². The summed E-state index contributed by atoms with van der Waals surface area (Å²) >= 11 is 21.4. The van der Waals surface area contributed by atoms with E-state index in [1.807, 2.05) is 6.07 Å². The van der Waals surface area contributed by atoms with Crippen molar-refractivity contribution in [3.8, 4) is 33.3 Å². The van der Waals surface area contributed by atoms with Crippen molar-refractivity contribution < 1.29 is 15.0 Å². The van der Waals surface area contributed by atoms with Gasteiger partial charge in [0, 0.05) is 21.4 Å². The number of hydrogen-bond acceptors (Lipinski definition) is 6. The van der Waals surface area contributed by atoms with Crippen LogP contribution in [0.2, 0.25) is 15.1 Å². The number of aromatic carboxylic acids is 1. The molecule has 0 saturated heterocycles. The third-order valence-corrected chi connectivity index (χ3v) is 7.94. The molecule has 0 aliphatic rings. The molecule has 0 saturated carbocycles. The average Bonchev–Trinajstić information content (AvgIpc) is 3.30. The van der Waals surface area contributed by atoms with Gasteiger partial charge >= 0.3 is 5.97 Å². The quantitative estimate of drug-likeness (QED) is 0.236. The van der Waals surface area contributed by atoms with E-state index in [1.54, 1.807) is 36.9 Å². The molecule has 0 radical (unpaired) electrons. The second kappa shape index (κ2) is 9.79. The normalized spacial score (nSPS) is 11.4. The number of phenolic OH excluding ortho intramolecular Hbond substituents is 1. The van der Waals surface area contributed by atoms with Crippen LogP contribution in [0.15, 0.2) is 40.6 Å². The van der Waals surface area contributed by atoms with Gasteiger partial charge in [0.25, 0.3) is 0 Å². The highest BCUT2D eigenvalue weighted by Gasteiger charge is 2.27. The molecule has 2 N–H and O–H groups in total. The first-order chi connectivity index (χ1) is 16.0. The first-order valence-electron chi connectivity index (χ1n) is 10.0. The smallest absolute Gasteiger partial charge is 0.355 e. The van der Waals surface area contributed by atoms with Crippen LogP contribution in [0.4, 0.5) is 0 Å². The Morgan fingerprint density at radius 1 is 1.09 bits per heavy atom. The third kappa shape index (κ3) is 4.92. The van der Waals surface area contributed by atoms with E-state index in [0.717, 1.165) is 9.77 Å². The number of rotatable bonds is 6. The molecule has 11 heteroatoms. The van der Waals surface area contributed by atoms with Crippen LogP contribution < -0.4 is 0 Å². The molecular formula is C23H18Cl3N3O3S2. The highest BCUT2D eigenvalue weighted by atomic mass is 35.5. The zero-order valence-corrected chi connectivity index (χ0v) is 22.0. The van der Waals surface area contributed by atoms with Crippen LogP contribution in [0.5, 0.6) is 5.75 Å². The summed E-state index contributed by atoms with van der Waals surface area (Å²) in [4.78, 5) is 17.1. The Hall–Kier alpha value is -2.23. The van der Waals surface area contributed by atoms with Crippen LogP contribution in [0.1, 0.15) is 30.0 Å². The molecule has 176 valence electrons. The Balaban J connectivity index is 1.93. The summed E-state index contributed by atoms with van der Waals surface area (Å²) in [7, 11) is 0. The molecule has 0 aliphatic carbocycles. The number of aryl methyl sites for hydroxylation is 1. The molecule has 0 aliphatic heterocycles. The number of aromatic hydroxyl groups is 1. The van der Waals surface area contributed by atoms with Gasteiger partial charge in [-0.1, -0.05) is 66.1 Å². The van der Waals surface area contributed by atoms with Crippen molar-refractivity contribution >= 4 is 63.9 Å². The van der Waals surface area contributed by atoms with Gasteiger partial charge in [-0.2, -0.15) is 9.78 Å². The number of carboxylic acid groups (broad SMARTS) is 1. The number of thiazole rings is 1. The van der Waals surface area contributed by atoms with Gasteiger partial charge in [-0.15, -0.1) is 11.8 Å². The number of nitrogens with zero attached hydrogens (tertiary/aromatic N) is 3. The fraction of sp³-hybridized carbons (Fsp3) is 0.174. The molecule has 0 fully saturated rings. The van der Waals surface area contributed by atoms with Crippen LogP contribution >= 0.6 is 57.9 Å². The van der Waals surface area contributed by atoms with Gasteiger partial charge < -0.3 is 10.2 Å². The Labute approximate surface area is 219 Å². The first-order valence-corrected chi connectivity index (χ1v) is 12.8. The Bertz CT molecular complexity index is 1400. The summed E-state index contributed by atoms with van der Waals surface area (Å²) in [5.74, 6) is -1.25. The number of aromatic nitrogens is 3. The lowest BCUT2D eigenvalue weighted by Gasteiger charge is -2.05. The summed E-state index contributed by atoms with van der Waals surface area (Å²) in [6.07, 6.45) is 0. The first kappa shape index (κ1) is 24.9. The number of carbonyl (C=O) groups is 1. The summed E-state index contributed by atoms with van der Waals surface area (Å²) < 4.78 is 2.22. The standard InChI is InChI=1S/C23H18Cl3N3O3S2/c1-10(2)33-22-19(12-4-5-16(25)17(26)8-12)27-23(34-22)29-20(21(31)32)18(11(3)28-29)13-6-14(24)9-15(30)7-13/h4-10,30H,1-3H3,(H,31,32). The molecule has 0 bridgehead atoms. The maximum absolute atomic E-state index is 12.4. The van der Waals surface area contributed by atoms with E-state index in [0.29, 0.717) is 37.7 Å². The van der Waals surface area contributed by atoms with Crippen molar-refractivity contribution in [2.75, 3.05) is 0 Å². The van der Waals surface area contributed by atoms with Crippen molar-refractivity contribution in [3.05, 3.63) is 62.9 Å². The van der Waals surface area contributed by atoms with Gasteiger partial charge in [0.1, 0.15) is 5.75 Å². The maximum atomic E-state index is 12.4. The number of hydrogen-bond donors (Lipinski definition) is 2. The van der Waals surface area contributed by atoms with Gasteiger partial charge in [-0.05, 0) is 42.8 Å². The third-order valence-electron chi connectivity index (χ3n) is 4.74. The van der Waals surface area contributed by atoms with Crippen molar-refractivity contribution in [3.63, 3.8) is 0 Å². The molecule has 4 rings (SSSR count). The number of thioether (sulfide) groups is 1. The van der Waals surface area contributed by atoms with Gasteiger partial charge in [0.15, 0.2) is 5.69 Å². The van der Waals surface area contributed by atoms with Crippen molar-refractivity contribution in [1.29, 1.82) is 0 Å². The summed E-state index contributed by atoms with van der Waals surface area (Å²) in [5.41, 5.74) is 2.63. The molecule has 34 heavy (non-hydrogen) atoms. The van der Waals surface area contributed by atoms with Crippen LogP contribution in [-0.4, -0.2) is 36.2 Å². The maximum Gasteiger partial charge on any atom is 0.355 e. The van der Waals surface area contributed by atoms with E-state index in [9.17, 15) is 15.0 Å². The van der Waals surface area contributed by atoms with Gasteiger partial charge in [-0.3, -0.25) is 0 Å². The molecule has 0 amide bonds.